The average molecular weight is 447 g/mol. The van der Waals surface area contributed by atoms with E-state index in [9.17, 15) is 4.79 Å². The molecule has 2 aliphatic heterocycles. The van der Waals surface area contributed by atoms with Crippen LogP contribution in [0.3, 0.4) is 0 Å². The van der Waals surface area contributed by atoms with Crippen molar-refractivity contribution in [2.24, 2.45) is 4.99 Å². The first kappa shape index (κ1) is 20.5. The molecule has 1 saturated heterocycles. The van der Waals surface area contributed by atoms with Crippen LogP contribution in [-0.2, 0) is 9.53 Å². The van der Waals surface area contributed by atoms with Crippen molar-refractivity contribution in [3.05, 3.63) is 71.3 Å². The quantitative estimate of drug-likeness (QED) is 0.567. The Bertz CT molecular complexity index is 1200. The number of methoxy groups -OCH3 is 1. The third-order valence-corrected chi connectivity index (χ3v) is 6.33. The van der Waals surface area contributed by atoms with Gasteiger partial charge in [-0.05, 0) is 42.1 Å². The number of ether oxygens (including phenoxy) is 2. The largest absolute Gasteiger partial charge is 0.497 e. The number of rotatable bonds is 4. The number of hydrogen-bond donors (Lipinski definition) is 0. The molecule has 162 valence electrons. The summed E-state index contributed by atoms with van der Waals surface area (Å²) in [7, 11) is 1.64. The number of carbonyl (C=O) groups is 1. The number of amides is 1. The van der Waals surface area contributed by atoms with E-state index in [2.05, 4.69) is 9.89 Å². The molecule has 0 spiro atoms. The van der Waals surface area contributed by atoms with Crippen LogP contribution in [0.25, 0.3) is 23.0 Å². The molecular formula is C24H22N4O3S. The maximum absolute atomic E-state index is 12.7. The van der Waals surface area contributed by atoms with Gasteiger partial charge >= 0.3 is 0 Å². The maximum Gasteiger partial charge on any atom is 0.286 e. The van der Waals surface area contributed by atoms with Crippen LogP contribution in [0.4, 0.5) is 0 Å². The monoisotopic (exact) mass is 446 g/mol. The zero-order valence-corrected chi connectivity index (χ0v) is 18.4. The molecule has 2 aliphatic rings. The van der Waals surface area contributed by atoms with Gasteiger partial charge < -0.3 is 14.4 Å². The van der Waals surface area contributed by atoms with Crippen LogP contribution in [0.2, 0.25) is 0 Å². The molecule has 0 saturated carbocycles. The van der Waals surface area contributed by atoms with Gasteiger partial charge in [-0.25, -0.2) is 4.68 Å². The molecule has 7 nitrogen and oxygen atoms in total. The first-order chi connectivity index (χ1) is 15.7. The lowest BCUT2D eigenvalue weighted by molar-refractivity contribution is -0.113. The van der Waals surface area contributed by atoms with Crippen LogP contribution in [0, 0.1) is 0 Å². The SMILES string of the molecule is COc1cccc(-c2nn(-c3ccccc3)cc2/C=C2\SC(N3CCOCC3)=NC2=O)c1. The van der Waals surface area contributed by atoms with Crippen LogP contribution in [0.1, 0.15) is 5.56 Å². The number of hydrogen-bond acceptors (Lipinski definition) is 6. The van der Waals surface area contributed by atoms with E-state index < -0.39 is 0 Å². The molecular weight excluding hydrogens is 424 g/mol. The average Bonchev–Trinajstić information content (AvgIpc) is 3.44. The van der Waals surface area contributed by atoms with E-state index >= 15 is 0 Å². The van der Waals surface area contributed by atoms with Gasteiger partial charge in [-0.15, -0.1) is 0 Å². The van der Waals surface area contributed by atoms with Crippen LogP contribution in [0.5, 0.6) is 5.75 Å². The standard InChI is InChI=1S/C24H22N4O3S/c1-30-20-9-5-6-17(14-20)22-18(16-28(26-22)19-7-3-2-4-8-19)15-21-23(29)25-24(32-21)27-10-12-31-13-11-27/h2-9,14-16H,10-13H2,1H3/b21-15-. The third kappa shape index (κ3) is 4.19. The highest BCUT2D eigenvalue weighted by Gasteiger charge is 2.28. The highest BCUT2D eigenvalue weighted by Crippen LogP contribution is 2.34. The fourth-order valence-corrected chi connectivity index (χ4v) is 4.59. The van der Waals surface area contributed by atoms with Crippen molar-refractivity contribution in [3.8, 4) is 22.7 Å². The van der Waals surface area contributed by atoms with E-state index in [0.717, 1.165) is 46.5 Å². The van der Waals surface area contributed by atoms with Gasteiger partial charge in [0.15, 0.2) is 5.17 Å². The maximum atomic E-state index is 12.7. The van der Waals surface area contributed by atoms with E-state index in [4.69, 9.17) is 14.6 Å². The molecule has 0 radical (unpaired) electrons. The summed E-state index contributed by atoms with van der Waals surface area (Å²) in [6, 6.07) is 17.7. The Morgan fingerprint density at radius 3 is 2.69 bits per heavy atom. The molecule has 0 bridgehead atoms. The Morgan fingerprint density at radius 1 is 1.09 bits per heavy atom. The second-order valence-electron chi connectivity index (χ2n) is 7.35. The second-order valence-corrected chi connectivity index (χ2v) is 8.36. The predicted octanol–water partition coefficient (Wildman–Crippen LogP) is 3.85. The van der Waals surface area contributed by atoms with Gasteiger partial charge in [-0.3, -0.25) is 4.79 Å². The normalized spacial score (nSPS) is 17.7. The third-order valence-electron chi connectivity index (χ3n) is 5.28. The van der Waals surface area contributed by atoms with E-state index in [1.807, 2.05) is 71.6 Å². The summed E-state index contributed by atoms with van der Waals surface area (Å²) in [5.41, 5.74) is 3.47. The summed E-state index contributed by atoms with van der Waals surface area (Å²) in [6.07, 6.45) is 3.82. The molecule has 32 heavy (non-hydrogen) atoms. The Balaban J connectivity index is 1.52. The molecule has 1 amide bonds. The second kappa shape index (κ2) is 9.02. The Labute approximate surface area is 190 Å². The first-order valence-corrected chi connectivity index (χ1v) is 11.2. The summed E-state index contributed by atoms with van der Waals surface area (Å²) >= 11 is 1.41. The molecule has 2 aromatic carbocycles. The van der Waals surface area contributed by atoms with Crippen molar-refractivity contribution < 1.29 is 14.3 Å². The van der Waals surface area contributed by atoms with E-state index in [1.54, 1.807) is 7.11 Å². The predicted molar refractivity (Wildman–Crippen MR) is 126 cm³/mol. The lowest BCUT2D eigenvalue weighted by Gasteiger charge is -2.27. The molecule has 8 heteroatoms. The van der Waals surface area contributed by atoms with Crippen molar-refractivity contribution in [2.75, 3.05) is 33.4 Å². The summed E-state index contributed by atoms with van der Waals surface area (Å²) < 4.78 is 12.6. The number of aromatic nitrogens is 2. The van der Waals surface area contributed by atoms with Crippen LogP contribution < -0.4 is 4.74 Å². The number of thioether (sulfide) groups is 1. The van der Waals surface area contributed by atoms with Crippen LogP contribution >= 0.6 is 11.8 Å². The topological polar surface area (TPSA) is 68.9 Å². The summed E-state index contributed by atoms with van der Waals surface area (Å²) in [5, 5.41) is 5.57. The van der Waals surface area contributed by atoms with Crippen molar-refractivity contribution in [3.63, 3.8) is 0 Å². The van der Waals surface area contributed by atoms with Crippen LogP contribution in [0.15, 0.2) is 70.7 Å². The Kier molecular flexibility index (Phi) is 5.79. The van der Waals surface area contributed by atoms with Crippen molar-refractivity contribution >= 4 is 28.9 Å². The zero-order chi connectivity index (χ0) is 21.9. The molecule has 0 N–H and O–H groups in total. The minimum Gasteiger partial charge on any atom is -0.497 e. The fraction of sp³-hybridized carbons (Fsp3) is 0.208. The van der Waals surface area contributed by atoms with Gasteiger partial charge in [-0.2, -0.15) is 10.1 Å². The molecule has 0 atom stereocenters. The molecule has 1 aromatic heterocycles. The molecule has 3 heterocycles. The molecule has 1 fully saturated rings. The number of aliphatic imine (C=N–C) groups is 1. The number of morpholine rings is 1. The Morgan fingerprint density at radius 2 is 1.91 bits per heavy atom. The highest BCUT2D eigenvalue weighted by atomic mass is 32.2. The summed E-state index contributed by atoms with van der Waals surface area (Å²) in [6.45, 7) is 2.79. The van der Waals surface area contributed by atoms with Gasteiger partial charge in [0.25, 0.3) is 5.91 Å². The minimum atomic E-state index is -0.222. The van der Waals surface area contributed by atoms with E-state index in [0.29, 0.717) is 18.1 Å². The van der Waals surface area contributed by atoms with Crippen molar-refractivity contribution in [2.45, 2.75) is 0 Å². The van der Waals surface area contributed by atoms with Gasteiger partial charge in [0.1, 0.15) is 11.4 Å². The molecule has 3 aromatic rings. The summed E-state index contributed by atoms with van der Waals surface area (Å²) in [5.74, 6) is 0.528. The van der Waals surface area contributed by atoms with Crippen molar-refractivity contribution in [1.29, 1.82) is 0 Å². The smallest absolute Gasteiger partial charge is 0.286 e. The number of benzene rings is 2. The van der Waals surface area contributed by atoms with Gasteiger partial charge in [0, 0.05) is 30.4 Å². The fourth-order valence-electron chi connectivity index (χ4n) is 3.63. The molecule has 0 unspecified atom stereocenters. The lowest BCUT2D eigenvalue weighted by Crippen LogP contribution is -2.38. The number of nitrogens with zero attached hydrogens (tertiary/aromatic N) is 4. The first-order valence-electron chi connectivity index (χ1n) is 10.4. The number of amidine groups is 1. The van der Waals surface area contributed by atoms with E-state index in [1.165, 1.54) is 11.8 Å². The van der Waals surface area contributed by atoms with Gasteiger partial charge in [-0.1, -0.05) is 30.3 Å². The number of para-hydroxylation sites is 1. The highest BCUT2D eigenvalue weighted by molar-refractivity contribution is 8.18. The van der Waals surface area contributed by atoms with Gasteiger partial charge in [0.05, 0.1) is 30.9 Å². The van der Waals surface area contributed by atoms with E-state index in [-0.39, 0.29) is 5.91 Å². The zero-order valence-electron chi connectivity index (χ0n) is 17.6. The minimum absolute atomic E-state index is 0.222. The van der Waals surface area contributed by atoms with Crippen molar-refractivity contribution in [1.82, 2.24) is 14.7 Å². The molecule has 0 aliphatic carbocycles. The lowest BCUT2D eigenvalue weighted by atomic mass is 10.1. The summed E-state index contributed by atoms with van der Waals surface area (Å²) in [4.78, 5) is 19.6. The number of carbonyl (C=O) groups excluding carboxylic acids is 1. The van der Waals surface area contributed by atoms with Gasteiger partial charge in [0.2, 0.25) is 0 Å². The molecule has 5 rings (SSSR count). The Hall–Kier alpha value is -3.36. The van der Waals surface area contributed by atoms with Crippen LogP contribution in [-0.4, -0.2) is 59.2 Å².